The van der Waals surface area contributed by atoms with Crippen LogP contribution in [0.15, 0.2) is 45.6 Å². The van der Waals surface area contributed by atoms with Crippen molar-refractivity contribution in [2.45, 2.75) is 24.5 Å². The molecule has 0 bridgehead atoms. The Hall–Kier alpha value is -3.60. The molecule has 5 rings (SSSR count). The van der Waals surface area contributed by atoms with E-state index in [9.17, 15) is 34.8 Å². The lowest BCUT2D eigenvalue weighted by atomic mass is 9.57. The number of Topliss-reactive ketones (excluding diaryl/α,β-unsaturated/α-hetero) is 2. The SMILES string of the molecule is CN(C)[C@@H]1C(=O)C(C(N)=O)=C(O)[C@@]2(O)C(=O)C3=C(O)c4c(O)ccc(-c5ccc(Cl)o5)c4C[C@H]3C[C@@H]12. The average molecular weight is 515 g/mol. The molecule has 2 aromatic rings. The number of nitrogens with zero attached hydrogens (tertiary/aromatic N) is 1. The lowest BCUT2D eigenvalue weighted by molar-refractivity contribution is -0.153. The van der Waals surface area contributed by atoms with Crippen LogP contribution in [0.4, 0.5) is 0 Å². The molecule has 1 aromatic heterocycles. The van der Waals surface area contributed by atoms with Crippen molar-refractivity contribution < 1.29 is 39.2 Å². The van der Waals surface area contributed by atoms with Gasteiger partial charge in [-0.1, -0.05) is 0 Å². The first-order valence-electron chi connectivity index (χ1n) is 11.1. The van der Waals surface area contributed by atoms with Gasteiger partial charge in [0.05, 0.1) is 11.6 Å². The van der Waals surface area contributed by atoms with Gasteiger partial charge in [0.15, 0.2) is 16.6 Å². The van der Waals surface area contributed by atoms with Crippen LogP contribution in [0.2, 0.25) is 5.22 Å². The minimum atomic E-state index is -2.67. The summed E-state index contributed by atoms with van der Waals surface area (Å²) in [5, 5.41) is 44.4. The molecule has 0 unspecified atom stereocenters. The number of aromatic hydroxyl groups is 1. The number of furan rings is 1. The van der Waals surface area contributed by atoms with Crippen LogP contribution in [0.5, 0.6) is 5.75 Å². The van der Waals surface area contributed by atoms with Crippen LogP contribution in [-0.2, 0) is 20.8 Å². The fourth-order valence-electron chi connectivity index (χ4n) is 5.93. The second-order valence-electron chi connectivity index (χ2n) is 9.55. The summed E-state index contributed by atoms with van der Waals surface area (Å²) < 4.78 is 5.53. The maximum Gasteiger partial charge on any atom is 0.255 e. The molecule has 0 spiro atoms. The third-order valence-electron chi connectivity index (χ3n) is 7.44. The van der Waals surface area contributed by atoms with E-state index in [1.165, 1.54) is 11.0 Å². The first-order chi connectivity index (χ1) is 16.9. The minimum absolute atomic E-state index is 0.000229. The predicted octanol–water partition coefficient (Wildman–Crippen LogP) is 1.88. The summed E-state index contributed by atoms with van der Waals surface area (Å²) in [6, 6.07) is 4.96. The Labute approximate surface area is 209 Å². The van der Waals surface area contributed by atoms with Crippen molar-refractivity contribution in [3.8, 4) is 17.1 Å². The highest BCUT2D eigenvalue weighted by Crippen LogP contribution is 2.53. The number of halogens is 1. The van der Waals surface area contributed by atoms with Crippen molar-refractivity contribution >= 4 is 34.8 Å². The third-order valence-corrected chi connectivity index (χ3v) is 7.65. The Bertz CT molecular complexity index is 1420. The molecule has 1 fully saturated rings. The number of hydrogen-bond donors (Lipinski definition) is 5. The number of ketones is 2. The number of rotatable bonds is 3. The highest BCUT2D eigenvalue weighted by Gasteiger charge is 2.64. The normalized spacial score (nSPS) is 27.8. The Morgan fingerprint density at radius 2 is 1.86 bits per heavy atom. The summed E-state index contributed by atoms with van der Waals surface area (Å²) in [6.07, 6.45) is 0.149. The van der Waals surface area contributed by atoms with Crippen molar-refractivity contribution in [2.75, 3.05) is 14.1 Å². The molecular formula is C25H23ClN2O8. The van der Waals surface area contributed by atoms with Gasteiger partial charge in [0.25, 0.3) is 5.91 Å². The highest BCUT2D eigenvalue weighted by atomic mass is 35.5. The fourth-order valence-corrected chi connectivity index (χ4v) is 6.08. The Balaban J connectivity index is 1.75. The summed E-state index contributed by atoms with van der Waals surface area (Å²) in [5.74, 6) is -6.58. The van der Waals surface area contributed by atoms with Crippen molar-refractivity contribution in [2.24, 2.45) is 17.6 Å². The Morgan fingerprint density at radius 3 is 2.44 bits per heavy atom. The molecule has 1 amide bonds. The van der Waals surface area contributed by atoms with Gasteiger partial charge in [0.2, 0.25) is 5.78 Å². The van der Waals surface area contributed by atoms with Gasteiger partial charge in [0.1, 0.15) is 28.6 Å². The number of aliphatic hydroxyl groups is 3. The quantitative estimate of drug-likeness (QED) is 0.383. The van der Waals surface area contributed by atoms with Crippen LogP contribution < -0.4 is 5.73 Å². The molecule has 188 valence electrons. The Morgan fingerprint density at radius 1 is 1.17 bits per heavy atom. The van der Waals surface area contributed by atoms with Crippen LogP contribution in [-0.4, -0.2) is 68.5 Å². The van der Waals surface area contributed by atoms with Crippen molar-refractivity contribution in [1.82, 2.24) is 4.90 Å². The lowest BCUT2D eigenvalue weighted by Crippen LogP contribution is -2.65. The highest BCUT2D eigenvalue weighted by molar-refractivity contribution is 6.29. The zero-order valence-electron chi connectivity index (χ0n) is 19.3. The van der Waals surface area contributed by atoms with Gasteiger partial charge in [0, 0.05) is 17.1 Å². The van der Waals surface area contributed by atoms with Gasteiger partial charge in [-0.05, 0) is 74.3 Å². The molecule has 36 heavy (non-hydrogen) atoms. The molecule has 6 N–H and O–H groups in total. The van der Waals surface area contributed by atoms with Gasteiger partial charge >= 0.3 is 0 Å². The fraction of sp³-hybridized carbons (Fsp3) is 0.320. The molecule has 1 heterocycles. The van der Waals surface area contributed by atoms with E-state index in [1.807, 2.05) is 0 Å². The second-order valence-corrected chi connectivity index (χ2v) is 9.92. The zero-order chi connectivity index (χ0) is 26.3. The molecule has 1 aromatic carbocycles. The van der Waals surface area contributed by atoms with Gasteiger partial charge in [-0.2, -0.15) is 0 Å². The predicted molar refractivity (Wildman–Crippen MR) is 127 cm³/mol. The van der Waals surface area contributed by atoms with Crippen molar-refractivity contribution in [3.05, 3.63) is 57.5 Å². The third kappa shape index (κ3) is 3.08. The van der Waals surface area contributed by atoms with Crippen LogP contribution in [0.1, 0.15) is 17.5 Å². The van der Waals surface area contributed by atoms with Crippen LogP contribution in [0.3, 0.4) is 0 Å². The van der Waals surface area contributed by atoms with Gasteiger partial charge in [-0.15, -0.1) is 0 Å². The van der Waals surface area contributed by atoms with E-state index in [0.29, 0.717) is 16.9 Å². The second kappa shape index (κ2) is 7.95. The molecule has 3 aliphatic rings. The zero-order valence-corrected chi connectivity index (χ0v) is 20.0. The molecule has 1 saturated carbocycles. The molecule has 0 radical (unpaired) electrons. The van der Waals surface area contributed by atoms with Crippen LogP contribution in [0, 0.1) is 11.8 Å². The lowest BCUT2D eigenvalue weighted by Gasteiger charge is -2.50. The van der Waals surface area contributed by atoms with E-state index in [-0.39, 0.29) is 34.9 Å². The maximum absolute atomic E-state index is 13.8. The van der Waals surface area contributed by atoms with Crippen LogP contribution in [0.25, 0.3) is 17.1 Å². The number of primary amides is 1. The van der Waals surface area contributed by atoms with Crippen molar-refractivity contribution in [3.63, 3.8) is 0 Å². The monoisotopic (exact) mass is 514 g/mol. The number of carbonyl (C=O) groups excluding carboxylic acids is 3. The van der Waals surface area contributed by atoms with E-state index in [1.54, 1.807) is 32.3 Å². The number of fused-ring (bicyclic) bond motifs is 3. The van der Waals surface area contributed by atoms with Gasteiger partial charge in [-0.25, -0.2) is 0 Å². The van der Waals surface area contributed by atoms with E-state index < -0.39 is 58.0 Å². The first-order valence-corrected chi connectivity index (χ1v) is 11.5. The number of aliphatic hydroxyl groups excluding tert-OH is 2. The summed E-state index contributed by atoms with van der Waals surface area (Å²) in [6.45, 7) is 0. The number of phenols is 1. The topological polar surface area (TPSA) is 175 Å². The van der Waals surface area contributed by atoms with Gasteiger partial charge in [-0.3, -0.25) is 19.3 Å². The number of nitrogens with two attached hydrogens (primary N) is 1. The van der Waals surface area contributed by atoms with Gasteiger partial charge < -0.3 is 30.6 Å². The minimum Gasteiger partial charge on any atom is -0.508 e. The molecule has 0 saturated heterocycles. The number of benzene rings is 1. The van der Waals surface area contributed by atoms with Crippen molar-refractivity contribution in [1.29, 1.82) is 0 Å². The molecule has 10 nitrogen and oxygen atoms in total. The summed E-state index contributed by atoms with van der Waals surface area (Å²) >= 11 is 5.94. The average Bonchev–Trinajstić information content (AvgIpc) is 3.22. The smallest absolute Gasteiger partial charge is 0.255 e. The van der Waals surface area contributed by atoms with Crippen LogP contribution >= 0.6 is 11.6 Å². The number of amides is 1. The van der Waals surface area contributed by atoms with E-state index in [2.05, 4.69) is 0 Å². The summed E-state index contributed by atoms with van der Waals surface area (Å²) in [4.78, 5) is 40.4. The van der Waals surface area contributed by atoms with E-state index in [4.69, 9.17) is 21.8 Å². The summed E-state index contributed by atoms with van der Waals surface area (Å²) in [7, 11) is 3.09. The molecule has 11 heteroatoms. The number of hydrogen-bond acceptors (Lipinski definition) is 9. The molecule has 0 aliphatic heterocycles. The standard InChI is InChI=1S/C25H23ClN2O8/c1-28(2)19-12-8-9-7-11-10(14-5-6-15(26)36-14)3-4-13(29)17(11)20(30)16(9)22(32)25(12,35)23(33)18(21(19)31)24(27)34/h3-6,9,12,19,29-30,33,35H,7-8H2,1-2H3,(H2,27,34)/t9-,12-,19-,25-/m0/s1. The summed E-state index contributed by atoms with van der Waals surface area (Å²) in [5.41, 5.74) is 2.59. The molecule has 4 atom stereocenters. The maximum atomic E-state index is 13.8. The molecule has 3 aliphatic carbocycles. The Kier molecular flexibility index (Phi) is 5.33. The largest absolute Gasteiger partial charge is 0.508 e. The molecular weight excluding hydrogens is 492 g/mol. The number of phenolic OH excluding ortho intramolecular Hbond substituents is 1. The number of carbonyl (C=O) groups is 3. The van der Waals surface area contributed by atoms with E-state index >= 15 is 0 Å². The first kappa shape index (κ1) is 24.1. The number of likely N-dealkylation sites (N-methyl/N-ethyl adjacent to an activating group) is 1. The van der Waals surface area contributed by atoms with E-state index in [0.717, 1.165) is 0 Å².